The molecule has 1 unspecified atom stereocenters. The van der Waals surface area contributed by atoms with Gasteiger partial charge in [-0.15, -0.1) is 0 Å². The van der Waals surface area contributed by atoms with E-state index in [4.69, 9.17) is 19.3 Å². The summed E-state index contributed by atoms with van der Waals surface area (Å²) in [4.78, 5) is 0. The van der Waals surface area contributed by atoms with Gasteiger partial charge in [-0.25, -0.2) is 0 Å². The molecule has 116 valence electrons. The normalized spacial score (nSPS) is 11.5. The number of aliphatic hydroxyl groups is 1. The lowest BCUT2D eigenvalue weighted by Crippen LogP contribution is -2.21. The first-order valence-electron chi connectivity index (χ1n) is 7.12. The van der Waals surface area contributed by atoms with Gasteiger partial charge in [-0.05, 0) is 24.1 Å². The Hall–Kier alpha value is -1.10. The summed E-state index contributed by atoms with van der Waals surface area (Å²) in [5.74, 6) is 0.778. The van der Waals surface area contributed by atoms with Crippen LogP contribution in [0.3, 0.4) is 0 Å². The molecule has 4 heteroatoms. The molecule has 0 bridgehead atoms. The Morgan fingerprint density at radius 3 is 2.40 bits per heavy atom. The van der Waals surface area contributed by atoms with Crippen LogP contribution >= 0.6 is 0 Å². The van der Waals surface area contributed by atoms with Gasteiger partial charge in [-0.1, -0.05) is 26.0 Å². The SMILES string of the molecule is CC.CCOCC(Cc1ccc(CO)cc1OC)OC. The lowest BCUT2D eigenvalue weighted by Gasteiger charge is -2.17. The zero-order chi connectivity index (χ0) is 15.4. The average Bonchev–Trinajstić information content (AvgIpc) is 2.53. The molecule has 0 aliphatic rings. The third-order valence-electron chi connectivity index (χ3n) is 2.82. The molecule has 0 heterocycles. The third kappa shape index (κ3) is 6.37. The smallest absolute Gasteiger partial charge is 0.122 e. The van der Waals surface area contributed by atoms with Crippen LogP contribution in [0, 0.1) is 0 Å². The quantitative estimate of drug-likeness (QED) is 0.797. The number of rotatable bonds is 8. The summed E-state index contributed by atoms with van der Waals surface area (Å²) in [6.45, 7) is 7.23. The van der Waals surface area contributed by atoms with Crippen LogP contribution in [-0.4, -0.2) is 38.6 Å². The van der Waals surface area contributed by atoms with Crippen LogP contribution < -0.4 is 4.74 Å². The molecule has 0 fully saturated rings. The number of methoxy groups -OCH3 is 2. The molecule has 0 amide bonds. The minimum atomic E-state index is 0.0128. The fourth-order valence-electron chi connectivity index (χ4n) is 1.76. The van der Waals surface area contributed by atoms with E-state index >= 15 is 0 Å². The topological polar surface area (TPSA) is 47.9 Å². The van der Waals surface area contributed by atoms with Gasteiger partial charge in [-0.2, -0.15) is 0 Å². The highest BCUT2D eigenvalue weighted by Gasteiger charge is 2.12. The van der Waals surface area contributed by atoms with Gasteiger partial charge < -0.3 is 19.3 Å². The molecular formula is C16H28O4. The van der Waals surface area contributed by atoms with E-state index in [1.165, 1.54) is 0 Å². The van der Waals surface area contributed by atoms with Crippen molar-refractivity contribution in [3.63, 3.8) is 0 Å². The van der Waals surface area contributed by atoms with E-state index in [9.17, 15) is 0 Å². The van der Waals surface area contributed by atoms with Crippen molar-refractivity contribution in [3.05, 3.63) is 29.3 Å². The lowest BCUT2D eigenvalue weighted by molar-refractivity contribution is 0.0130. The maximum atomic E-state index is 9.09. The molecule has 1 aromatic rings. The monoisotopic (exact) mass is 284 g/mol. The van der Waals surface area contributed by atoms with E-state index in [0.717, 1.165) is 23.3 Å². The van der Waals surface area contributed by atoms with Crippen molar-refractivity contribution in [1.82, 2.24) is 0 Å². The van der Waals surface area contributed by atoms with Crippen molar-refractivity contribution in [3.8, 4) is 5.75 Å². The van der Waals surface area contributed by atoms with E-state index in [0.29, 0.717) is 13.2 Å². The highest BCUT2D eigenvalue weighted by molar-refractivity contribution is 5.37. The number of benzene rings is 1. The van der Waals surface area contributed by atoms with Crippen LogP contribution in [0.2, 0.25) is 0 Å². The Bertz CT molecular complexity index is 352. The van der Waals surface area contributed by atoms with Gasteiger partial charge in [0.1, 0.15) is 5.75 Å². The molecule has 1 aromatic carbocycles. The van der Waals surface area contributed by atoms with E-state index in [-0.39, 0.29) is 12.7 Å². The van der Waals surface area contributed by atoms with Gasteiger partial charge in [0, 0.05) is 20.1 Å². The molecule has 0 aliphatic heterocycles. The first-order valence-corrected chi connectivity index (χ1v) is 7.12. The summed E-state index contributed by atoms with van der Waals surface area (Å²) in [7, 11) is 3.31. The van der Waals surface area contributed by atoms with Gasteiger partial charge in [0.2, 0.25) is 0 Å². The van der Waals surface area contributed by atoms with Gasteiger partial charge >= 0.3 is 0 Å². The van der Waals surface area contributed by atoms with E-state index in [1.807, 2.05) is 39.0 Å². The zero-order valence-corrected chi connectivity index (χ0v) is 13.3. The molecular weight excluding hydrogens is 256 g/mol. The van der Waals surface area contributed by atoms with Crippen LogP contribution in [0.25, 0.3) is 0 Å². The number of hydrogen-bond acceptors (Lipinski definition) is 4. The molecule has 1 atom stereocenters. The van der Waals surface area contributed by atoms with Crippen LogP contribution in [0.4, 0.5) is 0 Å². The number of ether oxygens (including phenoxy) is 3. The molecule has 0 saturated carbocycles. The minimum absolute atomic E-state index is 0.0128. The Balaban J connectivity index is 0.00000172. The first kappa shape index (κ1) is 18.9. The summed E-state index contributed by atoms with van der Waals surface area (Å²) < 4.78 is 16.1. The molecule has 20 heavy (non-hydrogen) atoms. The zero-order valence-electron chi connectivity index (χ0n) is 13.3. The molecule has 4 nitrogen and oxygen atoms in total. The highest BCUT2D eigenvalue weighted by atomic mass is 16.5. The van der Waals surface area contributed by atoms with E-state index in [1.54, 1.807) is 14.2 Å². The van der Waals surface area contributed by atoms with Gasteiger partial charge in [0.05, 0.1) is 26.4 Å². The fraction of sp³-hybridized carbons (Fsp3) is 0.625. The van der Waals surface area contributed by atoms with Crippen LogP contribution in [0.5, 0.6) is 5.75 Å². The van der Waals surface area contributed by atoms with Crippen molar-refractivity contribution < 1.29 is 19.3 Å². The number of aliphatic hydroxyl groups excluding tert-OH is 1. The van der Waals surface area contributed by atoms with Crippen molar-refractivity contribution in [2.75, 3.05) is 27.4 Å². The lowest BCUT2D eigenvalue weighted by atomic mass is 10.0. The predicted octanol–water partition coefficient (Wildman–Crippen LogP) is 2.81. The Kier molecular flexibility index (Phi) is 11.1. The van der Waals surface area contributed by atoms with Gasteiger partial charge in [0.25, 0.3) is 0 Å². The standard InChI is InChI=1S/C14H22O4.C2H6/c1-4-18-10-13(16-2)8-12-6-5-11(9-15)7-14(12)17-3;1-2/h5-7,13,15H,4,8-10H2,1-3H3;1-2H3. The highest BCUT2D eigenvalue weighted by Crippen LogP contribution is 2.22. The Morgan fingerprint density at radius 2 is 1.90 bits per heavy atom. The maximum Gasteiger partial charge on any atom is 0.122 e. The molecule has 0 spiro atoms. The summed E-state index contributed by atoms with van der Waals surface area (Å²) in [6, 6.07) is 5.70. The first-order chi connectivity index (χ1) is 9.74. The van der Waals surface area contributed by atoms with E-state index in [2.05, 4.69) is 0 Å². The van der Waals surface area contributed by atoms with E-state index < -0.39 is 0 Å². The summed E-state index contributed by atoms with van der Waals surface area (Å²) in [5, 5.41) is 9.09. The largest absolute Gasteiger partial charge is 0.496 e. The molecule has 0 radical (unpaired) electrons. The van der Waals surface area contributed by atoms with Crippen LogP contribution in [0.1, 0.15) is 31.9 Å². The Labute approximate surface area is 122 Å². The Morgan fingerprint density at radius 1 is 1.20 bits per heavy atom. The molecule has 0 aromatic heterocycles. The second kappa shape index (κ2) is 11.7. The minimum Gasteiger partial charge on any atom is -0.496 e. The van der Waals surface area contributed by atoms with Crippen molar-refractivity contribution in [2.45, 2.75) is 39.9 Å². The number of hydrogen-bond donors (Lipinski definition) is 1. The fourth-order valence-corrected chi connectivity index (χ4v) is 1.76. The van der Waals surface area contributed by atoms with Crippen LogP contribution in [-0.2, 0) is 22.5 Å². The molecule has 0 saturated heterocycles. The van der Waals surface area contributed by atoms with Crippen molar-refractivity contribution in [2.24, 2.45) is 0 Å². The summed E-state index contributed by atoms with van der Waals surface area (Å²) in [6.07, 6.45) is 0.740. The van der Waals surface area contributed by atoms with Crippen molar-refractivity contribution >= 4 is 0 Å². The second-order valence-electron chi connectivity index (χ2n) is 4.03. The summed E-state index contributed by atoms with van der Waals surface area (Å²) >= 11 is 0. The molecule has 0 aliphatic carbocycles. The predicted molar refractivity (Wildman–Crippen MR) is 81.3 cm³/mol. The maximum absolute atomic E-state index is 9.09. The van der Waals surface area contributed by atoms with Gasteiger partial charge in [0.15, 0.2) is 0 Å². The summed E-state index contributed by atoms with van der Waals surface area (Å²) in [5.41, 5.74) is 1.90. The second-order valence-corrected chi connectivity index (χ2v) is 4.03. The molecule has 1 rings (SSSR count). The molecule has 1 N–H and O–H groups in total. The van der Waals surface area contributed by atoms with Crippen LogP contribution in [0.15, 0.2) is 18.2 Å². The van der Waals surface area contributed by atoms with Gasteiger partial charge in [-0.3, -0.25) is 0 Å². The third-order valence-corrected chi connectivity index (χ3v) is 2.82. The average molecular weight is 284 g/mol. The van der Waals surface area contributed by atoms with Crippen molar-refractivity contribution in [1.29, 1.82) is 0 Å².